The van der Waals surface area contributed by atoms with Crippen molar-refractivity contribution in [3.8, 4) is 0 Å². The van der Waals surface area contributed by atoms with Crippen LogP contribution in [0.3, 0.4) is 0 Å². The summed E-state index contributed by atoms with van der Waals surface area (Å²) in [5.74, 6) is 1.06. The molecule has 1 saturated heterocycles. The van der Waals surface area contributed by atoms with Crippen LogP contribution in [0.2, 0.25) is 5.02 Å². The summed E-state index contributed by atoms with van der Waals surface area (Å²) in [4.78, 5) is 24.7. The first kappa shape index (κ1) is 14.2. The highest BCUT2D eigenvalue weighted by molar-refractivity contribution is 7.99. The highest BCUT2D eigenvalue weighted by Gasteiger charge is 2.20. The molecule has 1 heterocycles. The van der Waals surface area contributed by atoms with Crippen LogP contribution in [0.15, 0.2) is 24.3 Å². The van der Waals surface area contributed by atoms with E-state index in [1.165, 1.54) is 11.8 Å². The number of halogens is 1. The number of hydrogen-bond acceptors (Lipinski definition) is 3. The first-order chi connectivity index (χ1) is 9.15. The SMILES string of the molecule is O=C1CN(C(=O)CSCc2cccc(Cl)c2)CCN1. The van der Waals surface area contributed by atoms with E-state index in [1.807, 2.05) is 24.3 Å². The lowest BCUT2D eigenvalue weighted by Gasteiger charge is -2.26. The van der Waals surface area contributed by atoms with E-state index in [4.69, 9.17) is 11.6 Å². The number of thioether (sulfide) groups is 1. The van der Waals surface area contributed by atoms with Crippen LogP contribution >= 0.6 is 23.4 Å². The van der Waals surface area contributed by atoms with Crippen molar-refractivity contribution in [2.45, 2.75) is 5.75 Å². The molecule has 19 heavy (non-hydrogen) atoms. The molecule has 2 rings (SSSR count). The second-order valence-corrected chi connectivity index (χ2v) is 5.71. The normalized spacial score (nSPS) is 15.2. The lowest BCUT2D eigenvalue weighted by atomic mass is 10.2. The molecule has 0 saturated carbocycles. The van der Waals surface area contributed by atoms with Crippen LogP contribution in [-0.2, 0) is 15.3 Å². The molecule has 0 aliphatic carbocycles. The van der Waals surface area contributed by atoms with Crippen molar-refractivity contribution in [2.75, 3.05) is 25.4 Å². The summed E-state index contributed by atoms with van der Waals surface area (Å²) in [5, 5.41) is 3.41. The van der Waals surface area contributed by atoms with Crippen molar-refractivity contribution in [1.82, 2.24) is 10.2 Å². The fraction of sp³-hybridized carbons (Fsp3) is 0.385. The predicted octanol–water partition coefficient (Wildman–Crippen LogP) is 1.53. The zero-order chi connectivity index (χ0) is 13.7. The predicted molar refractivity (Wildman–Crippen MR) is 77.2 cm³/mol. The number of carbonyl (C=O) groups excluding carboxylic acids is 2. The third-order valence-corrected chi connectivity index (χ3v) is 4.00. The number of amides is 2. The molecule has 0 aromatic heterocycles. The number of rotatable bonds is 4. The van der Waals surface area contributed by atoms with Gasteiger partial charge in [-0.1, -0.05) is 23.7 Å². The Bertz CT molecular complexity index is 481. The Hall–Kier alpha value is -1.20. The Kier molecular flexibility index (Phi) is 5.10. The molecular formula is C13H15ClN2O2S. The minimum absolute atomic E-state index is 0.0156. The summed E-state index contributed by atoms with van der Waals surface area (Å²) in [5.41, 5.74) is 1.10. The van der Waals surface area contributed by atoms with Crippen molar-refractivity contribution in [3.05, 3.63) is 34.9 Å². The number of nitrogens with one attached hydrogen (secondary N) is 1. The van der Waals surface area contributed by atoms with Crippen LogP contribution in [0.5, 0.6) is 0 Å². The summed E-state index contributed by atoms with van der Waals surface area (Å²) in [6.45, 7) is 1.32. The fourth-order valence-corrected chi connectivity index (χ4v) is 2.91. The Balaban J connectivity index is 1.76. The van der Waals surface area contributed by atoms with E-state index in [2.05, 4.69) is 5.32 Å². The molecule has 2 amide bonds. The monoisotopic (exact) mass is 298 g/mol. The van der Waals surface area contributed by atoms with Crippen LogP contribution < -0.4 is 5.32 Å². The third kappa shape index (κ3) is 4.44. The van der Waals surface area contributed by atoms with E-state index >= 15 is 0 Å². The lowest BCUT2D eigenvalue weighted by Crippen LogP contribution is -2.50. The number of carbonyl (C=O) groups is 2. The Morgan fingerprint density at radius 3 is 3.05 bits per heavy atom. The van der Waals surface area contributed by atoms with Crippen molar-refractivity contribution in [3.63, 3.8) is 0 Å². The molecular weight excluding hydrogens is 284 g/mol. The third-order valence-electron chi connectivity index (χ3n) is 2.77. The molecule has 1 aromatic carbocycles. The highest BCUT2D eigenvalue weighted by atomic mass is 35.5. The van der Waals surface area contributed by atoms with Gasteiger partial charge in [-0.2, -0.15) is 0 Å². The number of hydrogen-bond donors (Lipinski definition) is 1. The second kappa shape index (κ2) is 6.82. The van der Waals surface area contributed by atoms with Gasteiger partial charge in [-0.25, -0.2) is 0 Å². The van der Waals surface area contributed by atoms with Crippen LogP contribution in [0.1, 0.15) is 5.56 Å². The smallest absolute Gasteiger partial charge is 0.239 e. The second-order valence-electron chi connectivity index (χ2n) is 4.29. The molecule has 4 nitrogen and oxygen atoms in total. The lowest BCUT2D eigenvalue weighted by molar-refractivity contribution is -0.136. The molecule has 0 atom stereocenters. The standard InChI is InChI=1S/C13H15ClN2O2S/c14-11-3-1-2-10(6-11)8-19-9-13(18)16-5-4-15-12(17)7-16/h1-3,6H,4-5,7-9H2,(H,15,17). The van der Waals surface area contributed by atoms with Crippen LogP contribution in [0.25, 0.3) is 0 Å². The van der Waals surface area contributed by atoms with Gasteiger partial charge in [0, 0.05) is 23.9 Å². The largest absolute Gasteiger partial charge is 0.353 e. The average molecular weight is 299 g/mol. The molecule has 0 unspecified atom stereocenters. The first-order valence-corrected chi connectivity index (χ1v) is 7.55. The van der Waals surface area contributed by atoms with Gasteiger partial charge in [-0.05, 0) is 17.7 Å². The van der Waals surface area contributed by atoms with Crippen LogP contribution in [0, 0.1) is 0 Å². The molecule has 102 valence electrons. The molecule has 0 bridgehead atoms. The minimum Gasteiger partial charge on any atom is -0.353 e. The summed E-state index contributed by atoms with van der Waals surface area (Å²) in [7, 11) is 0. The molecule has 6 heteroatoms. The van der Waals surface area contributed by atoms with Gasteiger partial charge >= 0.3 is 0 Å². The van der Waals surface area contributed by atoms with E-state index in [0.29, 0.717) is 23.9 Å². The molecule has 0 spiro atoms. The van der Waals surface area contributed by atoms with Gasteiger partial charge in [0.05, 0.1) is 12.3 Å². The van der Waals surface area contributed by atoms with Gasteiger partial charge in [0.25, 0.3) is 0 Å². The van der Waals surface area contributed by atoms with Crippen LogP contribution in [-0.4, -0.2) is 42.1 Å². The van der Waals surface area contributed by atoms with E-state index in [9.17, 15) is 9.59 Å². The maximum atomic E-state index is 11.9. The van der Waals surface area contributed by atoms with Crippen molar-refractivity contribution in [2.24, 2.45) is 0 Å². The molecule has 1 aliphatic heterocycles. The van der Waals surface area contributed by atoms with E-state index < -0.39 is 0 Å². The Morgan fingerprint density at radius 1 is 1.47 bits per heavy atom. The zero-order valence-corrected chi connectivity index (χ0v) is 12.0. The van der Waals surface area contributed by atoms with Gasteiger partial charge in [0.1, 0.15) is 0 Å². The topological polar surface area (TPSA) is 49.4 Å². The van der Waals surface area contributed by atoms with E-state index in [0.717, 1.165) is 11.3 Å². The first-order valence-electron chi connectivity index (χ1n) is 6.02. The van der Waals surface area contributed by atoms with Gasteiger partial charge in [0.2, 0.25) is 11.8 Å². The van der Waals surface area contributed by atoms with Gasteiger partial charge in [-0.15, -0.1) is 11.8 Å². The number of nitrogens with zero attached hydrogens (tertiary/aromatic N) is 1. The molecule has 0 radical (unpaired) electrons. The summed E-state index contributed by atoms with van der Waals surface area (Å²) in [6, 6.07) is 7.60. The van der Waals surface area contributed by atoms with Gasteiger partial charge in [0.15, 0.2) is 0 Å². The van der Waals surface area contributed by atoms with Crippen molar-refractivity contribution < 1.29 is 9.59 Å². The summed E-state index contributed by atoms with van der Waals surface area (Å²) < 4.78 is 0. The van der Waals surface area contributed by atoms with E-state index in [-0.39, 0.29) is 18.4 Å². The maximum Gasteiger partial charge on any atom is 0.239 e. The summed E-state index contributed by atoms with van der Waals surface area (Å²) in [6.07, 6.45) is 0. The summed E-state index contributed by atoms with van der Waals surface area (Å²) >= 11 is 7.43. The van der Waals surface area contributed by atoms with Crippen LogP contribution in [0.4, 0.5) is 0 Å². The average Bonchev–Trinajstić information content (AvgIpc) is 2.38. The number of piperazine rings is 1. The van der Waals surface area contributed by atoms with Crippen molar-refractivity contribution in [1.29, 1.82) is 0 Å². The quantitative estimate of drug-likeness (QED) is 0.917. The molecule has 1 N–H and O–H groups in total. The fourth-order valence-electron chi connectivity index (χ4n) is 1.83. The Morgan fingerprint density at radius 2 is 2.32 bits per heavy atom. The highest BCUT2D eigenvalue weighted by Crippen LogP contribution is 2.17. The van der Waals surface area contributed by atoms with Crippen molar-refractivity contribution >= 4 is 35.2 Å². The zero-order valence-electron chi connectivity index (χ0n) is 10.4. The molecule has 1 aromatic rings. The van der Waals surface area contributed by atoms with Gasteiger partial charge < -0.3 is 10.2 Å². The Labute approximate surface area is 121 Å². The molecule has 1 aliphatic rings. The number of benzene rings is 1. The molecule has 1 fully saturated rings. The maximum absolute atomic E-state index is 11.9. The minimum atomic E-state index is -0.0839. The van der Waals surface area contributed by atoms with E-state index in [1.54, 1.807) is 4.90 Å². The van der Waals surface area contributed by atoms with Gasteiger partial charge in [-0.3, -0.25) is 9.59 Å².